The average molecular weight is 343 g/mol. The number of rotatable bonds is 6. The summed E-state index contributed by atoms with van der Waals surface area (Å²) in [5, 5.41) is 10.2. The Morgan fingerprint density at radius 2 is 2.26 bits per heavy atom. The molecule has 0 spiro atoms. The van der Waals surface area contributed by atoms with E-state index in [9.17, 15) is 4.79 Å². The Kier molecular flexibility index (Phi) is 5.15. The van der Waals surface area contributed by atoms with E-state index in [4.69, 9.17) is 0 Å². The highest BCUT2D eigenvalue weighted by molar-refractivity contribution is 7.09. The zero-order valence-electron chi connectivity index (χ0n) is 12.7. The maximum absolute atomic E-state index is 12.4. The van der Waals surface area contributed by atoms with Crippen molar-refractivity contribution in [3.05, 3.63) is 68.6 Å². The van der Waals surface area contributed by atoms with Crippen molar-refractivity contribution in [2.45, 2.75) is 25.8 Å². The van der Waals surface area contributed by atoms with Gasteiger partial charge in [-0.05, 0) is 47.4 Å². The average Bonchev–Trinajstić information content (AvgIpc) is 3.19. The molecule has 1 N–H and O–H groups in total. The molecule has 4 nitrogen and oxygen atoms in total. The van der Waals surface area contributed by atoms with Crippen LogP contribution in [0.25, 0.3) is 0 Å². The number of thiazole rings is 1. The van der Waals surface area contributed by atoms with Gasteiger partial charge in [0, 0.05) is 17.8 Å². The molecule has 6 heteroatoms. The van der Waals surface area contributed by atoms with Crippen molar-refractivity contribution in [2.24, 2.45) is 0 Å². The number of nitrogens with one attached hydrogen (secondary N) is 1. The molecule has 3 aromatic heterocycles. The molecule has 0 unspecified atom stereocenters. The molecule has 0 aliphatic rings. The van der Waals surface area contributed by atoms with Gasteiger partial charge in [0.15, 0.2) is 0 Å². The molecule has 23 heavy (non-hydrogen) atoms. The van der Waals surface area contributed by atoms with E-state index >= 15 is 0 Å². The third-order valence-corrected chi connectivity index (χ3v) is 5.00. The quantitative estimate of drug-likeness (QED) is 0.745. The van der Waals surface area contributed by atoms with Gasteiger partial charge in [0.2, 0.25) is 5.91 Å². The highest BCUT2D eigenvalue weighted by Gasteiger charge is 2.16. The van der Waals surface area contributed by atoms with Gasteiger partial charge in [-0.2, -0.15) is 11.3 Å². The lowest BCUT2D eigenvalue weighted by molar-refractivity contribution is -0.121. The molecule has 0 aromatic carbocycles. The number of hydrogen-bond acceptors (Lipinski definition) is 5. The number of carbonyl (C=O) groups excluding carboxylic acids is 1. The third-order valence-electron chi connectivity index (χ3n) is 3.45. The number of nitrogens with zero attached hydrogens (tertiary/aromatic N) is 2. The summed E-state index contributed by atoms with van der Waals surface area (Å²) in [7, 11) is 0. The van der Waals surface area contributed by atoms with Gasteiger partial charge in [0.1, 0.15) is 0 Å². The summed E-state index contributed by atoms with van der Waals surface area (Å²) < 4.78 is 0. The summed E-state index contributed by atoms with van der Waals surface area (Å²) in [6, 6.07) is 5.90. The molecular weight excluding hydrogens is 326 g/mol. The molecule has 0 bridgehead atoms. The first-order chi connectivity index (χ1) is 11.2. The predicted octanol–water partition coefficient (Wildman–Crippen LogP) is 3.55. The molecule has 0 aliphatic heterocycles. The fourth-order valence-electron chi connectivity index (χ4n) is 2.38. The Balaban J connectivity index is 1.71. The summed E-state index contributed by atoms with van der Waals surface area (Å²) >= 11 is 3.23. The molecule has 0 radical (unpaired) electrons. The van der Waals surface area contributed by atoms with Crippen molar-refractivity contribution in [1.29, 1.82) is 0 Å². The molecule has 3 heterocycles. The van der Waals surface area contributed by atoms with Crippen LogP contribution in [0, 0.1) is 6.92 Å². The van der Waals surface area contributed by atoms with Crippen LogP contribution in [0.5, 0.6) is 0 Å². The maximum atomic E-state index is 12.4. The monoisotopic (exact) mass is 343 g/mol. The Bertz CT molecular complexity index is 753. The molecule has 1 amide bonds. The molecule has 0 aliphatic carbocycles. The van der Waals surface area contributed by atoms with Crippen LogP contribution in [0.15, 0.2) is 46.7 Å². The second-order valence-electron chi connectivity index (χ2n) is 5.28. The van der Waals surface area contributed by atoms with Gasteiger partial charge in [-0.3, -0.25) is 9.78 Å². The van der Waals surface area contributed by atoms with E-state index in [2.05, 4.69) is 32.1 Å². The van der Waals surface area contributed by atoms with Crippen molar-refractivity contribution >= 4 is 28.6 Å². The molecule has 118 valence electrons. The van der Waals surface area contributed by atoms with Crippen LogP contribution < -0.4 is 5.32 Å². The van der Waals surface area contributed by atoms with Crippen LogP contribution in [0.3, 0.4) is 0 Å². The molecule has 3 aromatic rings. The van der Waals surface area contributed by atoms with Crippen molar-refractivity contribution in [3.63, 3.8) is 0 Å². The summed E-state index contributed by atoms with van der Waals surface area (Å²) in [6.07, 6.45) is 4.62. The third kappa shape index (κ3) is 4.46. The van der Waals surface area contributed by atoms with Gasteiger partial charge in [-0.15, -0.1) is 11.3 Å². The molecular formula is C17H17N3OS2. The maximum Gasteiger partial charge on any atom is 0.226 e. The van der Waals surface area contributed by atoms with Gasteiger partial charge in [0.05, 0.1) is 23.2 Å². The minimum atomic E-state index is -0.0782. The van der Waals surface area contributed by atoms with Crippen molar-refractivity contribution in [3.8, 4) is 0 Å². The highest BCUT2D eigenvalue weighted by Crippen LogP contribution is 2.20. The summed E-state index contributed by atoms with van der Waals surface area (Å²) in [5.74, 6) is -0.0145. The number of pyridine rings is 1. The lowest BCUT2D eigenvalue weighted by atomic mass is 10.0. The highest BCUT2D eigenvalue weighted by atomic mass is 32.1. The number of aryl methyl sites for hydroxylation is 1. The number of amides is 1. The Morgan fingerprint density at radius 1 is 1.35 bits per heavy atom. The largest absolute Gasteiger partial charge is 0.349 e. The van der Waals surface area contributed by atoms with Crippen molar-refractivity contribution < 1.29 is 4.79 Å². The number of thiophene rings is 1. The van der Waals surface area contributed by atoms with Crippen molar-refractivity contribution in [1.82, 2.24) is 15.3 Å². The van der Waals surface area contributed by atoms with Gasteiger partial charge in [0.25, 0.3) is 0 Å². The predicted molar refractivity (Wildman–Crippen MR) is 93.7 cm³/mol. The first kappa shape index (κ1) is 15.8. The second-order valence-corrected chi connectivity index (χ2v) is 7.12. The van der Waals surface area contributed by atoms with Crippen LogP contribution in [-0.4, -0.2) is 15.9 Å². The first-order valence-corrected chi connectivity index (χ1v) is 9.14. The van der Waals surface area contributed by atoms with E-state index in [0.717, 1.165) is 22.7 Å². The van der Waals surface area contributed by atoms with E-state index in [-0.39, 0.29) is 11.9 Å². The van der Waals surface area contributed by atoms with E-state index in [0.29, 0.717) is 6.42 Å². The Hall–Kier alpha value is -2.05. The molecule has 3 rings (SSSR count). The minimum Gasteiger partial charge on any atom is -0.349 e. The number of hydrogen-bond donors (Lipinski definition) is 1. The van der Waals surface area contributed by atoms with Gasteiger partial charge in [-0.1, -0.05) is 6.07 Å². The Morgan fingerprint density at radius 3 is 2.91 bits per heavy atom. The van der Waals surface area contributed by atoms with Gasteiger partial charge >= 0.3 is 0 Å². The standard InChI is InChI=1S/C17H17N3OS2/c1-12-19-15(11-23-12)8-17(21)20-16(7-13-4-6-22-10-13)14-3-2-5-18-9-14/h2-6,9-11,16H,7-8H2,1H3,(H,20,21)/t16-/m1/s1. The van der Waals surface area contributed by atoms with Crippen LogP contribution in [0.1, 0.15) is 27.9 Å². The van der Waals surface area contributed by atoms with E-state index in [1.165, 1.54) is 5.56 Å². The molecule has 1 atom stereocenters. The van der Waals surface area contributed by atoms with Gasteiger partial charge in [-0.25, -0.2) is 4.98 Å². The Labute approximate surface area is 143 Å². The molecule has 0 saturated carbocycles. The zero-order valence-corrected chi connectivity index (χ0v) is 14.4. The van der Waals surface area contributed by atoms with Gasteiger partial charge < -0.3 is 5.32 Å². The zero-order chi connectivity index (χ0) is 16.1. The van der Waals surface area contributed by atoms with Crippen LogP contribution >= 0.6 is 22.7 Å². The number of aromatic nitrogens is 2. The fourth-order valence-corrected chi connectivity index (χ4v) is 3.67. The SMILES string of the molecule is Cc1nc(CC(=O)N[C@H](Cc2ccsc2)c2cccnc2)cs1. The van der Waals surface area contributed by atoms with Crippen LogP contribution in [0.2, 0.25) is 0 Å². The first-order valence-electron chi connectivity index (χ1n) is 7.32. The topological polar surface area (TPSA) is 54.9 Å². The molecule has 0 fully saturated rings. The normalized spacial score (nSPS) is 12.0. The fraction of sp³-hybridized carbons (Fsp3) is 0.235. The van der Waals surface area contributed by atoms with E-state index in [1.54, 1.807) is 28.9 Å². The number of carbonyl (C=O) groups is 1. The molecule has 0 saturated heterocycles. The lowest BCUT2D eigenvalue weighted by Gasteiger charge is -2.18. The second kappa shape index (κ2) is 7.48. The minimum absolute atomic E-state index is 0.0145. The van der Waals surface area contributed by atoms with Crippen LogP contribution in [-0.2, 0) is 17.6 Å². The summed E-state index contributed by atoms with van der Waals surface area (Å²) in [4.78, 5) is 20.9. The smallest absolute Gasteiger partial charge is 0.226 e. The summed E-state index contributed by atoms with van der Waals surface area (Å²) in [5.41, 5.74) is 3.06. The van der Waals surface area contributed by atoms with Crippen molar-refractivity contribution in [2.75, 3.05) is 0 Å². The van der Waals surface area contributed by atoms with E-state index in [1.807, 2.05) is 30.6 Å². The van der Waals surface area contributed by atoms with Crippen LogP contribution in [0.4, 0.5) is 0 Å². The lowest BCUT2D eigenvalue weighted by Crippen LogP contribution is -2.31. The van der Waals surface area contributed by atoms with E-state index < -0.39 is 0 Å². The summed E-state index contributed by atoms with van der Waals surface area (Å²) in [6.45, 7) is 1.95.